The number of rotatable bonds is 11. The lowest BCUT2D eigenvalue weighted by atomic mass is 9.87. The van der Waals surface area contributed by atoms with Crippen LogP contribution in [0.1, 0.15) is 29.0 Å². The van der Waals surface area contributed by atoms with E-state index in [4.69, 9.17) is 4.74 Å². The first kappa shape index (κ1) is 25.5. The fourth-order valence-electron chi connectivity index (χ4n) is 4.43. The topological polar surface area (TPSA) is 130 Å². The second-order valence-corrected chi connectivity index (χ2v) is 8.61. The molecular weight excluding hydrogens is 476 g/mol. The van der Waals surface area contributed by atoms with E-state index in [-0.39, 0.29) is 23.7 Å². The molecule has 3 aromatic carbocycles. The van der Waals surface area contributed by atoms with Gasteiger partial charge in [-0.05, 0) is 22.8 Å². The summed E-state index contributed by atoms with van der Waals surface area (Å²) in [6.07, 6.45) is 1.88. The van der Waals surface area contributed by atoms with Gasteiger partial charge in [0.05, 0.1) is 16.5 Å². The average Bonchev–Trinajstić information content (AvgIpc) is 3.25. The van der Waals surface area contributed by atoms with Crippen LogP contribution in [0.15, 0.2) is 79.0 Å². The van der Waals surface area contributed by atoms with Crippen LogP contribution in [0.3, 0.4) is 0 Å². The van der Waals surface area contributed by atoms with Gasteiger partial charge in [0.15, 0.2) is 0 Å². The van der Waals surface area contributed by atoms with E-state index < -0.39 is 15.8 Å². The Bertz CT molecular complexity index is 1430. The molecule has 4 rings (SSSR count). The first-order valence-corrected chi connectivity index (χ1v) is 11.7. The SMILES string of the molecule is COCCNC(=O)CC(c1cccc([N+](=O)[O-])c1)c1cn(Cc2ccccc2)c2ccc([N+](=O)[O-])cc12. The number of hydrogen-bond donors (Lipinski definition) is 1. The number of carbonyl (C=O) groups excluding carboxylic acids is 1. The summed E-state index contributed by atoms with van der Waals surface area (Å²) in [7, 11) is 1.53. The van der Waals surface area contributed by atoms with Crippen molar-refractivity contribution in [1.29, 1.82) is 0 Å². The quantitative estimate of drug-likeness (QED) is 0.178. The van der Waals surface area contributed by atoms with Gasteiger partial charge in [-0.2, -0.15) is 0 Å². The zero-order valence-corrected chi connectivity index (χ0v) is 20.2. The highest BCUT2D eigenvalue weighted by Crippen LogP contribution is 2.37. The summed E-state index contributed by atoms with van der Waals surface area (Å²) >= 11 is 0. The molecule has 1 heterocycles. The molecule has 0 aliphatic rings. The molecule has 190 valence electrons. The molecule has 0 saturated heterocycles. The number of non-ortho nitro benzene ring substituents is 2. The average molecular weight is 503 g/mol. The summed E-state index contributed by atoms with van der Waals surface area (Å²) in [6, 6.07) is 20.6. The molecule has 0 radical (unpaired) electrons. The van der Waals surface area contributed by atoms with E-state index in [2.05, 4.69) is 5.32 Å². The van der Waals surface area contributed by atoms with Gasteiger partial charge in [0.2, 0.25) is 5.91 Å². The van der Waals surface area contributed by atoms with Crippen LogP contribution in [-0.2, 0) is 16.1 Å². The normalized spacial score (nSPS) is 11.8. The molecule has 37 heavy (non-hydrogen) atoms. The van der Waals surface area contributed by atoms with Gasteiger partial charge < -0.3 is 14.6 Å². The van der Waals surface area contributed by atoms with Crippen LogP contribution in [0.25, 0.3) is 10.9 Å². The number of carbonyl (C=O) groups is 1. The Hall–Kier alpha value is -4.57. The molecule has 0 aliphatic carbocycles. The largest absolute Gasteiger partial charge is 0.383 e. The monoisotopic (exact) mass is 502 g/mol. The highest BCUT2D eigenvalue weighted by Gasteiger charge is 2.25. The van der Waals surface area contributed by atoms with Crippen LogP contribution in [-0.4, -0.2) is 40.6 Å². The van der Waals surface area contributed by atoms with Crippen molar-refractivity contribution in [2.24, 2.45) is 0 Å². The van der Waals surface area contributed by atoms with Crippen molar-refractivity contribution >= 4 is 28.2 Å². The number of benzene rings is 3. The maximum atomic E-state index is 12.9. The minimum absolute atomic E-state index is 0.00196. The minimum atomic E-state index is -0.580. The van der Waals surface area contributed by atoms with Crippen molar-refractivity contribution in [2.45, 2.75) is 18.9 Å². The van der Waals surface area contributed by atoms with Gasteiger partial charge >= 0.3 is 0 Å². The van der Waals surface area contributed by atoms with E-state index >= 15 is 0 Å². The smallest absolute Gasteiger partial charge is 0.270 e. The van der Waals surface area contributed by atoms with E-state index in [1.807, 2.05) is 41.1 Å². The van der Waals surface area contributed by atoms with Gasteiger partial charge in [0.25, 0.3) is 11.4 Å². The summed E-state index contributed by atoms with van der Waals surface area (Å²) in [4.78, 5) is 35.0. The first-order chi connectivity index (χ1) is 17.9. The number of nitro groups is 2. The predicted molar refractivity (Wildman–Crippen MR) is 139 cm³/mol. The van der Waals surface area contributed by atoms with Crippen molar-refractivity contribution in [2.75, 3.05) is 20.3 Å². The molecule has 1 aromatic heterocycles. The van der Waals surface area contributed by atoms with Crippen LogP contribution < -0.4 is 5.32 Å². The van der Waals surface area contributed by atoms with Gasteiger partial charge in [-0.15, -0.1) is 0 Å². The Morgan fingerprint density at radius 1 is 0.973 bits per heavy atom. The number of nitrogens with one attached hydrogen (secondary N) is 1. The van der Waals surface area contributed by atoms with Crippen molar-refractivity contribution in [3.8, 4) is 0 Å². The van der Waals surface area contributed by atoms with Gasteiger partial charge in [0.1, 0.15) is 0 Å². The lowest BCUT2D eigenvalue weighted by Gasteiger charge is -2.17. The number of ether oxygens (including phenoxy) is 1. The fourth-order valence-corrected chi connectivity index (χ4v) is 4.43. The van der Waals surface area contributed by atoms with E-state index in [0.717, 1.165) is 11.1 Å². The van der Waals surface area contributed by atoms with E-state index in [1.165, 1.54) is 31.4 Å². The van der Waals surface area contributed by atoms with E-state index in [1.54, 1.807) is 18.2 Å². The Labute approximate surface area is 212 Å². The molecule has 4 aromatic rings. The summed E-state index contributed by atoms with van der Waals surface area (Å²) in [5, 5.41) is 26.5. The molecule has 10 nitrogen and oxygen atoms in total. The van der Waals surface area contributed by atoms with Crippen molar-refractivity contribution in [3.05, 3.63) is 116 Å². The molecule has 1 N–H and O–H groups in total. The number of hydrogen-bond acceptors (Lipinski definition) is 6. The number of fused-ring (bicyclic) bond motifs is 1. The van der Waals surface area contributed by atoms with Gasteiger partial charge in [-0.25, -0.2) is 0 Å². The molecule has 10 heteroatoms. The maximum Gasteiger partial charge on any atom is 0.270 e. The van der Waals surface area contributed by atoms with Crippen LogP contribution in [0.2, 0.25) is 0 Å². The third-order valence-corrected chi connectivity index (χ3v) is 6.18. The first-order valence-electron chi connectivity index (χ1n) is 11.7. The standard InChI is InChI=1S/C27H26N4O6/c1-37-13-12-28-27(32)16-23(20-8-5-9-21(14-20)30(33)34)25-18-29(17-19-6-3-2-4-7-19)26-11-10-22(31(35)36)15-24(25)26/h2-11,14-15,18,23H,12-13,16-17H2,1H3,(H,28,32). The maximum absolute atomic E-state index is 12.9. The number of methoxy groups -OCH3 is 1. The summed E-state index contributed by atoms with van der Waals surface area (Å²) in [5.41, 5.74) is 2.88. The Morgan fingerprint density at radius 3 is 2.41 bits per heavy atom. The highest BCUT2D eigenvalue weighted by molar-refractivity contribution is 5.88. The molecule has 0 bridgehead atoms. The Morgan fingerprint density at radius 2 is 1.70 bits per heavy atom. The lowest BCUT2D eigenvalue weighted by molar-refractivity contribution is -0.385. The predicted octanol–water partition coefficient (Wildman–Crippen LogP) is 4.79. The summed E-state index contributed by atoms with van der Waals surface area (Å²) in [6.45, 7) is 1.17. The van der Waals surface area contributed by atoms with Crippen molar-refractivity contribution in [3.63, 3.8) is 0 Å². The minimum Gasteiger partial charge on any atom is -0.383 e. The third kappa shape index (κ3) is 5.99. The van der Waals surface area contributed by atoms with Gasteiger partial charge in [0, 0.05) is 73.9 Å². The third-order valence-electron chi connectivity index (χ3n) is 6.18. The molecule has 0 fully saturated rings. The van der Waals surface area contributed by atoms with Crippen molar-refractivity contribution in [1.82, 2.24) is 9.88 Å². The molecule has 0 aliphatic heterocycles. The number of aromatic nitrogens is 1. The fraction of sp³-hybridized carbons (Fsp3) is 0.222. The molecule has 1 atom stereocenters. The highest BCUT2D eigenvalue weighted by atomic mass is 16.6. The van der Waals surface area contributed by atoms with Crippen LogP contribution >= 0.6 is 0 Å². The Balaban J connectivity index is 1.86. The van der Waals surface area contributed by atoms with E-state index in [0.29, 0.717) is 36.2 Å². The molecular formula is C27H26N4O6. The Kier molecular flexibility index (Phi) is 7.89. The summed E-state index contributed by atoms with van der Waals surface area (Å²) < 4.78 is 6.99. The lowest BCUT2D eigenvalue weighted by Crippen LogP contribution is -2.28. The zero-order valence-electron chi connectivity index (χ0n) is 20.2. The van der Waals surface area contributed by atoms with Gasteiger partial charge in [-0.1, -0.05) is 42.5 Å². The van der Waals surface area contributed by atoms with Crippen LogP contribution in [0, 0.1) is 20.2 Å². The molecule has 1 amide bonds. The zero-order chi connectivity index (χ0) is 26.4. The summed E-state index contributed by atoms with van der Waals surface area (Å²) in [5.74, 6) is -0.841. The molecule has 1 unspecified atom stereocenters. The van der Waals surface area contributed by atoms with E-state index in [9.17, 15) is 25.0 Å². The van der Waals surface area contributed by atoms with Crippen LogP contribution in [0.4, 0.5) is 11.4 Å². The van der Waals surface area contributed by atoms with Gasteiger partial charge in [-0.3, -0.25) is 25.0 Å². The molecule has 0 saturated carbocycles. The second-order valence-electron chi connectivity index (χ2n) is 8.61. The van der Waals surface area contributed by atoms with Crippen molar-refractivity contribution < 1.29 is 19.4 Å². The second kappa shape index (κ2) is 11.4. The number of amides is 1. The molecule has 0 spiro atoms. The number of nitrogens with zero attached hydrogens (tertiary/aromatic N) is 3. The number of nitro benzene ring substituents is 2. The van der Waals surface area contributed by atoms with Crippen LogP contribution in [0.5, 0.6) is 0 Å².